The van der Waals surface area contributed by atoms with E-state index < -0.39 is 21.9 Å². The van der Waals surface area contributed by atoms with E-state index in [0.717, 1.165) is 10.4 Å². The van der Waals surface area contributed by atoms with Crippen LogP contribution in [0, 0.1) is 0 Å². The van der Waals surface area contributed by atoms with E-state index in [9.17, 15) is 18.0 Å². The van der Waals surface area contributed by atoms with Gasteiger partial charge in [0.2, 0.25) is 0 Å². The van der Waals surface area contributed by atoms with E-state index in [2.05, 4.69) is 0 Å². The number of carboxylic acids is 1. The van der Waals surface area contributed by atoms with Crippen LogP contribution in [0.5, 0.6) is 0 Å². The molecule has 0 spiro atoms. The molecular weight excluding hydrogens is 296 g/mol. The molecule has 1 aromatic carbocycles. The van der Waals surface area contributed by atoms with E-state index in [1.165, 1.54) is 12.1 Å². The second kappa shape index (κ2) is 5.12. The Bertz CT molecular complexity index is 711. The third-order valence-corrected chi connectivity index (χ3v) is 5.35. The number of benzene rings is 1. The Morgan fingerprint density at radius 1 is 1.38 bits per heavy atom. The standard InChI is InChI=1S/C13H16N2O5S/c1-8(14(2)3)7-15-12(16)10-5-4-9(13(17)18)6-11(10)21(15,19)20/h4-6,8H,7H2,1-3H3,(H,17,18). The van der Waals surface area contributed by atoms with Crippen molar-refractivity contribution in [1.82, 2.24) is 9.21 Å². The van der Waals surface area contributed by atoms with Crippen LogP contribution in [-0.2, 0) is 10.0 Å². The first kappa shape index (κ1) is 15.5. The van der Waals surface area contributed by atoms with Crippen LogP contribution in [0.2, 0.25) is 0 Å². The van der Waals surface area contributed by atoms with Crippen LogP contribution >= 0.6 is 0 Å². The summed E-state index contributed by atoms with van der Waals surface area (Å²) in [6.45, 7) is 1.82. The van der Waals surface area contributed by atoms with E-state index in [1.807, 2.05) is 0 Å². The molecule has 1 heterocycles. The molecule has 1 aliphatic heterocycles. The average Bonchev–Trinajstić information content (AvgIpc) is 2.59. The Morgan fingerprint density at radius 2 is 2.00 bits per heavy atom. The molecule has 1 unspecified atom stereocenters. The molecule has 21 heavy (non-hydrogen) atoms. The summed E-state index contributed by atoms with van der Waals surface area (Å²) >= 11 is 0. The maximum Gasteiger partial charge on any atom is 0.335 e. The molecule has 1 aliphatic rings. The first-order valence-electron chi connectivity index (χ1n) is 6.27. The first-order chi connectivity index (χ1) is 9.66. The molecule has 1 amide bonds. The number of rotatable bonds is 4. The van der Waals surface area contributed by atoms with E-state index in [4.69, 9.17) is 5.11 Å². The second-order valence-corrected chi connectivity index (χ2v) is 7.00. The molecule has 1 aromatic rings. The number of sulfonamides is 1. The molecule has 0 saturated carbocycles. The fourth-order valence-corrected chi connectivity index (χ4v) is 3.67. The van der Waals surface area contributed by atoms with Gasteiger partial charge in [-0.3, -0.25) is 4.79 Å². The SMILES string of the molecule is CC(CN1C(=O)c2ccc(C(=O)O)cc2S1(=O)=O)N(C)C. The van der Waals surface area contributed by atoms with E-state index >= 15 is 0 Å². The molecule has 1 N–H and O–H groups in total. The van der Waals surface area contributed by atoms with Crippen molar-refractivity contribution in [3.63, 3.8) is 0 Å². The fraction of sp³-hybridized carbons (Fsp3) is 0.385. The molecule has 1 atom stereocenters. The Hall–Kier alpha value is -1.93. The van der Waals surface area contributed by atoms with Crippen molar-refractivity contribution < 1.29 is 23.1 Å². The van der Waals surface area contributed by atoms with Crippen molar-refractivity contribution in [2.24, 2.45) is 0 Å². The smallest absolute Gasteiger partial charge is 0.335 e. The Kier molecular flexibility index (Phi) is 3.77. The summed E-state index contributed by atoms with van der Waals surface area (Å²) in [6.07, 6.45) is 0. The number of fused-ring (bicyclic) bond motifs is 1. The lowest BCUT2D eigenvalue weighted by atomic mass is 10.1. The Labute approximate surface area is 122 Å². The highest BCUT2D eigenvalue weighted by atomic mass is 32.2. The summed E-state index contributed by atoms with van der Waals surface area (Å²) in [5.74, 6) is -1.85. The quantitative estimate of drug-likeness (QED) is 0.869. The molecule has 0 fully saturated rings. The molecule has 0 saturated heterocycles. The number of nitrogens with zero attached hydrogens (tertiary/aromatic N) is 2. The van der Waals surface area contributed by atoms with Crippen LogP contribution in [0.3, 0.4) is 0 Å². The summed E-state index contributed by atoms with van der Waals surface area (Å²) in [4.78, 5) is 24.7. The highest BCUT2D eigenvalue weighted by Gasteiger charge is 2.42. The van der Waals surface area contributed by atoms with Gasteiger partial charge in [-0.15, -0.1) is 0 Å². The first-order valence-corrected chi connectivity index (χ1v) is 7.71. The van der Waals surface area contributed by atoms with Gasteiger partial charge in [-0.05, 0) is 39.2 Å². The van der Waals surface area contributed by atoms with Crippen LogP contribution in [0.1, 0.15) is 27.6 Å². The van der Waals surface area contributed by atoms with Gasteiger partial charge in [0.1, 0.15) is 4.90 Å². The minimum absolute atomic E-state index is 0.0191. The largest absolute Gasteiger partial charge is 0.478 e. The highest BCUT2D eigenvalue weighted by molar-refractivity contribution is 7.90. The maximum absolute atomic E-state index is 12.4. The zero-order valence-electron chi connectivity index (χ0n) is 11.9. The molecule has 0 aromatic heterocycles. The second-order valence-electron chi connectivity index (χ2n) is 5.17. The molecule has 0 bridgehead atoms. The van der Waals surface area contributed by atoms with Crippen LogP contribution < -0.4 is 0 Å². The topological polar surface area (TPSA) is 95.0 Å². The van der Waals surface area contributed by atoms with E-state index in [0.29, 0.717) is 0 Å². The van der Waals surface area contributed by atoms with Crippen molar-refractivity contribution in [2.45, 2.75) is 17.9 Å². The normalized spacial score (nSPS) is 17.9. The van der Waals surface area contributed by atoms with Crippen molar-refractivity contribution in [1.29, 1.82) is 0 Å². The molecule has 0 aliphatic carbocycles. The van der Waals surface area contributed by atoms with Crippen molar-refractivity contribution in [3.05, 3.63) is 29.3 Å². The lowest BCUT2D eigenvalue weighted by Crippen LogP contribution is -2.41. The number of amides is 1. The van der Waals surface area contributed by atoms with Gasteiger partial charge >= 0.3 is 5.97 Å². The van der Waals surface area contributed by atoms with Crippen molar-refractivity contribution in [3.8, 4) is 0 Å². The van der Waals surface area contributed by atoms with Crippen LogP contribution in [0.4, 0.5) is 0 Å². The zero-order chi connectivity index (χ0) is 15.9. The lowest BCUT2D eigenvalue weighted by Gasteiger charge is -2.24. The number of hydrogen-bond donors (Lipinski definition) is 1. The van der Waals surface area contributed by atoms with E-state index in [1.54, 1.807) is 25.9 Å². The van der Waals surface area contributed by atoms with Gasteiger partial charge in [-0.25, -0.2) is 17.5 Å². The van der Waals surface area contributed by atoms with Gasteiger partial charge in [-0.1, -0.05) is 0 Å². The van der Waals surface area contributed by atoms with Gasteiger partial charge in [0.15, 0.2) is 0 Å². The molecule has 114 valence electrons. The predicted octanol–water partition coefficient (Wildman–Crippen LogP) is 0.479. The number of hydrogen-bond acceptors (Lipinski definition) is 5. The summed E-state index contributed by atoms with van der Waals surface area (Å²) < 4.78 is 25.6. The molecule has 2 rings (SSSR count). The number of aromatic carboxylic acids is 1. The number of likely N-dealkylation sites (N-methyl/N-ethyl adjacent to an activating group) is 1. The molecule has 0 radical (unpaired) electrons. The van der Waals surface area contributed by atoms with E-state index in [-0.39, 0.29) is 28.6 Å². The summed E-state index contributed by atoms with van der Waals surface area (Å²) in [5, 5.41) is 8.94. The Balaban J connectivity index is 2.47. The number of carboxylic acid groups (broad SMARTS) is 1. The minimum atomic E-state index is -3.99. The van der Waals surface area contributed by atoms with Gasteiger partial charge in [0.25, 0.3) is 15.9 Å². The summed E-state index contributed by atoms with van der Waals surface area (Å²) in [5.41, 5.74) is -0.140. The highest BCUT2D eigenvalue weighted by Crippen LogP contribution is 2.31. The predicted molar refractivity (Wildman–Crippen MR) is 74.8 cm³/mol. The Morgan fingerprint density at radius 3 is 2.52 bits per heavy atom. The minimum Gasteiger partial charge on any atom is -0.478 e. The number of carbonyl (C=O) groups is 2. The van der Waals surface area contributed by atoms with Gasteiger partial charge in [0.05, 0.1) is 17.7 Å². The monoisotopic (exact) mass is 312 g/mol. The summed E-state index contributed by atoms with van der Waals surface area (Å²) in [7, 11) is -0.416. The molecule has 7 nitrogen and oxygen atoms in total. The van der Waals surface area contributed by atoms with Crippen molar-refractivity contribution in [2.75, 3.05) is 20.6 Å². The third-order valence-electron chi connectivity index (χ3n) is 3.57. The maximum atomic E-state index is 12.4. The van der Waals surface area contributed by atoms with Crippen LogP contribution in [-0.4, -0.2) is 61.3 Å². The zero-order valence-corrected chi connectivity index (χ0v) is 12.7. The molecule has 8 heteroatoms. The fourth-order valence-electron chi connectivity index (χ4n) is 1.99. The van der Waals surface area contributed by atoms with Crippen LogP contribution in [0.15, 0.2) is 23.1 Å². The summed E-state index contributed by atoms with van der Waals surface area (Å²) in [6, 6.07) is 3.36. The van der Waals surface area contributed by atoms with Crippen LogP contribution in [0.25, 0.3) is 0 Å². The molecular formula is C13H16N2O5S. The lowest BCUT2D eigenvalue weighted by molar-refractivity contribution is 0.0695. The average molecular weight is 312 g/mol. The van der Waals surface area contributed by atoms with Gasteiger partial charge < -0.3 is 10.0 Å². The van der Waals surface area contributed by atoms with Gasteiger partial charge in [0, 0.05) is 6.04 Å². The van der Waals surface area contributed by atoms with Crippen molar-refractivity contribution >= 4 is 21.9 Å². The van der Waals surface area contributed by atoms with Gasteiger partial charge in [-0.2, -0.15) is 0 Å². The third kappa shape index (κ3) is 2.52. The number of carbonyl (C=O) groups excluding carboxylic acids is 1.